The molecule has 0 atom stereocenters. The number of anilines is 1. The number of aryl methyl sites for hydroxylation is 1. The number of likely N-dealkylation sites (tertiary alicyclic amines) is 1. The molecule has 1 aliphatic heterocycles. The lowest BCUT2D eigenvalue weighted by Crippen LogP contribution is -2.22. The Hall–Kier alpha value is -2.08. The Morgan fingerprint density at radius 2 is 2.00 bits per heavy atom. The van der Waals surface area contributed by atoms with Crippen molar-refractivity contribution in [2.45, 2.75) is 51.9 Å². The quantitative estimate of drug-likeness (QED) is 0.664. The molecule has 28 heavy (non-hydrogen) atoms. The van der Waals surface area contributed by atoms with Gasteiger partial charge in [0.05, 0.1) is 24.9 Å². The fourth-order valence-corrected chi connectivity index (χ4v) is 4.31. The highest BCUT2D eigenvalue weighted by Gasteiger charge is 2.22. The van der Waals surface area contributed by atoms with Crippen LogP contribution in [-0.2, 0) is 12.8 Å². The molecule has 1 N–H and O–H groups in total. The van der Waals surface area contributed by atoms with E-state index >= 15 is 0 Å². The third-order valence-electron chi connectivity index (χ3n) is 5.74. The number of aromatic nitrogens is 2. The molecule has 2 aliphatic rings. The number of nitrogens with zero attached hydrogens (tertiary/aromatic N) is 3. The molecular formula is C22H32N4O2. The SMILES string of the molecule is CCCNc1c2c(nc3cc(OCCCN4CCCC4)c(OC)nc13)CCC2. The molecule has 3 heterocycles. The summed E-state index contributed by atoms with van der Waals surface area (Å²) < 4.78 is 11.6. The van der Waals surface area contributed by atoms with Gasteiger partial charge in [0.15, 0.2) is 5.75 Å². The highest BCUT2D eigenvalue weighted by atomic mass is 16.5. The zero-order valence-corrected chi connectivity index (χ0v) is 17.2. The third kappa shape index (κ3) is 4.02. The van der Waals surface area contributed by atoms with Crippen molar-refractivity contribution in [1.82, 2.24) is 14.9 Å². The molecule has 2 aromatic heterocycles. The first-order valence-electron chi connectivity index (χ1n) is 10.8. The molecule has 6 heteroatoms. The molecule has 1 fully saturated rings. The maximum Gasteiger partial charge on any atom is 0.257 e. The van der Waals surface area contributed by atoms with E-state index in [1.54, 1.807) is 7.11 Å². The largest absolute Gasteiger partial charge is 0.488 e. The highest BCUT2D eigenvalue weighted by Crippen LogP contribution is 2.37. The fraction of sp³-hybridized carbons (Fsp3) is 0.636. The molecule has 0 radical (unpaired) electrons. The van der Waals surface area contributed by atoms with Crippen LogP contribution < -0.4 is 14.8 Å². The van der Waals surface area contributed by atoms with Gasteiger partial charge in [0.2, 0.25) is 0 Å². The van der Waals surface area contributed by atoms with Crippen LogP contribution in [0.2, 0.25) is 0 Å². The maximum atomic E-state index is 6.06. The van der Waals surface area contributed by atoms with Crippen molar-refractivity contribution < 1.29 is 9.47 Å². The Morgan fingerprint density at radius 1 is 1.14 bits per heavy atom. The number of hydrogen-bond donors (Lipinski definition) is 1. The number of fused-ring (bicyclic) bond motifs is 2. The van der Waals surface area contributed by atoms with Crippen molar-refractivity contribution in [2.75, 3.05) is 45.2 Å². The topological polar surface area (TPSA) is 59.5 Å². The molecule has 0 unspecified atom stereocenters. The number of rotatable bonds is 9. The van der Waals surface area contributed by atoms with Gasteiger partial charge in [0, 0.05) is 24.8 Å². The summed E-state index contributed by atoms with van der Waals surface area (Å²) in [5.74, 6) is 1.25. The molecule has 0 aromatic carbocycles. The molecule has 0 saturated carbocycles. The van der Waals surface area contributed by atoms with E-state index in [4.69, 9.17) is 19.4 Å². The number of nitrogens with one attached hydrogen (secondary N) is 1. The second-order valence-electron chi connectivity index (χ2n) is 7.81. The van der Waals surface area contributed by atoms with Crippen molar-refractivity contribution in [1.29, 1.82) is 0 Å². The van der Waals surface area contributed by atoms with Crippen LogP contribution in [0.1, 0.15) is 50.3 Å². The van der Waals surface area contributed by atoms with Crippen molar-refractivity contribution in [3.8, 4) is 11.6 Å². The lowest BCUT2D eigenvalue weighted by Gasteiger charge is -2.17. The van der Waals surface area contributed by atoms with E-state index in [1.807, 2.05) is 6.07 Å². The molecule has 6 nitrogen and oxygen atoms in total. The molecule has 2 aromatic rings. The molecule has 0 bridgehead atoms. The Bertz CT molecular complexity index is 818. The molecular weight excluding hydrogens is 352 g/mol. The Balaban J connectivity index is 1.56. The molecule has 1 saturated heterocycles. The first kappa shape index (κ1) is 19.2. The number of ether oxygens (including phenoxy) is 2. The van der Waals surface area contributed by atoms with Crippen LogP contribution in [0, 0.1) is 0 Å². The summed E-state index contributed by atoms with van der Waals surface area (Å²) in [4.78, 5) is 12.2. The summed E-state index contributed by atoms with van der Waals surface area (Å²) in [6, 6.07) is 2.01. The van der Waals surface area contributed by atoms with E-state index in [2.05, 4.69) is 17.1 Å². The number of pyridine rings is 2. The standard InChI is InChI=1S/C22H32N4O2/c1-3-10-23-20-16-8-6-9-17(16)24-18-15-19(22(27-2)25-21(18)20)28-14-7-13-26-11-4-5-12-26/h15H,3-14H2,1-2H3,(H,23,24). The highest BCUT2D eigenvalue weighted by molar-refractivity contribution is 5.91. The van der Waals surface area contributed by atoms with Gasteiger partial charge < -0.3 is 19.7 Å². The van der Waals surface area contributed by atoms with Crippen LogP contribution >= 0.6 is 0 Å². The third-order valence-corrected chi connectivity index (χ3v) is 5.74. The molecule has 0 amide bonds. The summed E-state index contributed by atoms with van der Waals surface area (Å²) in [5.41, 5.74) is 5.47. The summed E-state index contributed by atoms with van der Waals surface area (Å²) in [7, 11) is 1.66. The van der Waals surface area contributed by atoms with Crippen LogP contribution in [-0.4, -0.2) is 54.8 Å². The van der Waals surface area contributed by atoms with E-state index < -0.39 is 0 Å². The Morgan fingerprint density at radius 3 is 2.79 bits per heavy atom. The summed E-state index contributed by atoms with van der Waals surface area (Å²) in [5, 5.41) is 3.59. The number of methoxy groups -OCH3 is 1. The van der Waals surface area contributed by atoms with Gasteiger partial charge in [0.25, 0.3) is 5.88 Å². The minimum absolute atomic E-state index is 0.549. The van der Waals surface area contributed by atoms with Crippen molar-refractivity contribution in [3.05, 3.63) is 17.3 Å². The average molecular weight is 385 g/mol. The van der Waals surface area contributed by atoms with Crippen LogP contribution in [0.25, 0.3) is 11.0 Å². The molecule has 152 valence electrons. The monoisotopic (exact) mass is 384 g/mol. The van der Waals surface area contributed by atoms with E-state index in [0.717, 1.165) is 61.9 Å². The van der Waals surface area contributed by atoms with Gasteiger partial charge >= 0.3 is 0 Å². The van der Waals surface area contributed by atoms with Gasteiger partial charge in [-0.1, -0.05) is 6.92 Å². The van der Waals surface area contributed by atoms with Gasteiger partial charge in [-0.25, -0.2) is 4.98 Å². The lowest BCUT2D eigenvalue weighted by molar-refractivity contribution is 0.252. The summed E-state index contributed by atoms with van der Waals surface area (Å²) in [6.45, 7) is 7.34. The predicted molar refractivity (Wildman–Crippen MR) is 113 cm³/mol. The van der Waals surface area contributed by atoms with E-state index in [-0.39, 0.29) is 0 Å². The minimum atomic E-state index is 0.549. The van der Waals surface area contributed by atoms with Crippen LogP contribution in [0.4, 0.5) is 5.69 Å². The van der Waals surface area contributed by atoms with Crippen molar-refractivity contribution in [3.63, 3.8) is 0 Å². The predicted octanol–water partition coefficient (Wildman–Crippen LogP) is 3.81. The van der Waals surface area contributed by atoms with Gasteiger partial charge in [-0.15, -0.1) is 0 Å². The van der Waals surface area contributed by atoms with E-state index in [9.17, 15) is 0 Å². The summed E-state index contributed by atoms with van der Waals surface area (Å²) >= 11 is 0. The van der Waals surface area contributed by atoms with E-state index in [1.165, 1.54) is 37.2 Å². The Kier molecular flexibility index (Phi) is 6.15. The zero-order chi connectivity index (χ0) is 19.3. The van der Waals surface area contributed by atoms with Gasteiger partial charge in [-0.3, -0.25) is 4.98 Å². The van der Waals surface area contributed by atoms with Crippen LogP contribution in [0.15, 0.2) is 6.07 Å². The maximum absolute atomic E-state index is 6.06. The Labute approximate surface area is 167 Å². The molecule has 1 aliphatic carbocycles. The minimum Gasteiger partial charge on any atom is -0.488 e. The first-order chi connectivity index (χ1) is 13.8. The zero-order valence-electron chi connectivity index (χ0n) is 17.2. The van der Waals surface area contributed by atoms with Crippen molar-refractivity contribution >= 4 is 16.7 Å². The molecule has 4 rings (SSSR count). The smallest absolute Gasteiger partial charge is 0.257 e. The fourth-order valence-electron chi connectivity index (χ4n) is 4.31. The lowest BCUT2D eigenvalue weighted by atomic mass is 10.1. The van der Waals surface area contributed by atoms with Gasteiger partial charge in [-0.2, -0.15) is 0 Å². The van der Waals surface area contributed by atoms with E-state index in [0.29, 0.717) is 18.2 Å². The van der Waals surface area contributed by atoms with Gasteiger partial charge in [0.1, 0.15) is 5.52 Å². The summed E-state index contributed by atoms with van der Waals surface area (Å²) in [6.07, 6.45) is 8.03. The normalized spacial score (nSPS) is 16.5. The van der Waals surface area contributed by atoms with Crippen LogP contribution in [0.3, 0.4) is 0 Å². The first-order valence-corrected chi connectivity index (χ1v) is 10.8. The van der Waals surface area contributed by atoms with Crippen LogP contribution in [0.5, 0.6) is 11.6 Å². The second-order valence-corrected chi connectivity index (χ2v) is 7.81. The van der Waals surface area contributed by atoms with Gasteiger partial charge in [-0.05, 0) is 63.6 Å². The molecule has 0 spiro atoms. The second kappa shape index (κ2) is 8.95. The average Bonchev–Trinajstić information content (AvgIpc) is 3.39. The number of hydrogen-bond acceptors (Lipinski definition) is 6. The van der Waals surface area contributed by atoms with Crippen molar-refractivity contribution in [2.24, 2.45) is 0 Å².